The molecular weight excluding hydrogens is 384 g/mol. The van der Waals surface area contributed by atoms with Gasteiger partial charge in [-0.25, -0.2) is 4.98 Å². The Hall–Kier alpha value is -2.43. The quantitative estimate of drug-likeness (QED) is 0.697. The van der Waals surface area contributed by atoms with Crippen molar-refractivity contribution >= 4 is 17.2 Å². The Morgan fingerprint density at radius 3 is 2.52 bits per heavy atom. The second-order valence-electron chi connectivity index (χ2n) is 7.51. The predicted molar refractivity (Wildman–Crippen MR) is 115 cm³/mol. The number of hydrogen-bond acceptors (Lipinski definition) is 6. The Bertz CT molecular complexity index is 848. The molecule has 0 N–H and O–H groups in total. The van der Waals surface area contributed by atoms with Crippen LogP contribution in [-0.2, 0) is 11.2 Å². The van der Waals surface area contributed by atoms with Crippen LogP contribution in [0.25, 0.3) is 10.6 Å². The molecule has 1 aliphatic rings. The minimum Gasteiger partial charge on any atom is -0.494 e. The summed E-state index contributed by atoms with van der Waals surface area (Å²) in [4.78, 5) is 21.4. The topological polar surface area (TPSA) is 69.5 Å². The highest BCUT2D eigenvalue weighted by Crippen LogP contribution is 2.26. The lowest BCUT2D eigenvalue weighted by molar-refractivity contribution is -0.132. The third-order valence-corrected chi connectivity index (χ3v) is 6.06. The number of carbonyl (C=O) groups excluding carboxylic acids is 1. The van der Waals surface area contributed by atoms with E-state index >= 15 is 0 Å². The van der Waals surface area contributed by atoms with Crippen LogP contribution >= 0.6 is 11.3 Å². The van der Waals surface area contributed by atoms with Crippen molar-refractivity contribution in [3.05, 3.63) is 35.3 Å². The molecule has 2 aromatic rings. The van der Waals surface area contributed by atoms with Gasteiger partial charge in [-0.3, -0.25) is 9.69 Å². The van der Waals surface area contributed by atoms with E-state index < -0.39 is 0 Å². The summed E-state index contributed by atoms with van der Waals surface area (Å²) >= 11 is 1.55. The molecule has 7 heteroatoms. The van der Waals surface area contributed by atoms with Gasteiger partial charge >= 0.3 is 0 Å². The van der Waals surface area contributed by atoms with E-state index in [1.54, 1.807) is 11.3 Å². The van der Waals surface area contributed by atoms with Gasteiger partial charge < -0.3 is 9.64 Å². The van der Waals surface area contributed by atoms with Gasteiger partial charge in [0, 0.05) is 37.1 Å². The molecule has 3 rings (SSSR count). The highest BCUT2D eigenvalue weighted by atomic mass is 32.1. The standard InChI is InChI=1S/C22H28N4O2S/c1-4-28-19-7-5-17(6-8-19)22-24-18(15-29-22)13-21(27)26-11-9-25(10-12-26)20(14-23)16(2)3/h5-8,15-16,20H,4,9-13H2,1-3H3. The number of thiazole rings is 1. The fourth-order valence-electron chi connectivity index (χ4n) is 3.55. The van der Waals surface area contributed by atoms with Crippen LogP contribution in [0.1, 0.15) is 26.5 Å². The summed E-state index contributed by atoms with van der Waals surface area (Å²) in [5.41, 5.74) is 1.84. The van der Waals surface area contributed by atoms with Crippen molar-refractivity contribution in [1.29, 1.82) is 5.26 Å². The van der Waals surface area contributed by atoms with Gasteiger partial charge in [0.15, 0.2) is 0 Å². The summed E-state index contributed by atoms with van der Waals surface area (Å²) in [6.45, 7) is 9.56. The zero-order valence-corrected chi connectivity index (χ0v) is 18.1. The number of carbonyl (C=O) groups is 1. The number of rotatable bonds is 7. The molecule has 29 heavy (non-hydrogen) atoms. The second kappa shape index (κ2) is 9.86. The first kappa shape index (κ1) is 21.3. The summed E-state index contributed by atoms with van der Waals surface area (Å²) in [5, 5.41) is 12.2. The molecule has 1 saturated heterocycles. The Morgan fingerprint density at radius 1 is 1.24 bits per heavy atom. The number of ether oxygens (including phenoxy) is 1. The second-order valence-corrected chi connectivity index (χ2v) is 8.37. The average molecular weight is 413 g/mol. The maximum absolute atomic E-state index is 12.7. The number of hydrogen-bond donors (Lipinski definition) is 0. The van der Waals surface area contributed by atoms with Crippen molar-refractivity contribution in [1.82, 2.24) is 14.8 Å². The van der Waals surface area contributed by atoms with E-state index in [2.05, 4.69) is 29.8 Å². The highest BCUT2D eigenvalue weighted by Gasteiger charge is 2.27. The first-order valence-corrected chi connectivity index (χ1v) is 11.0. The number of nitrogens with zero attached hydrogens (tertiary/aromatic N) is 4. The smallest absolute Gasteiger partial charge is 0.228 e. The summed E-state index contributed by atoms with van der Waals surface area (Å²) in [7, 11) is 0. The predicted octanol–water partition coefficient (Wildman–Crippen LogP) is 3.44. The largest absolute Gasteiger partial charge is 0.494 e. The zero-order valence-electron chi connectivity index (χ0n) is 17.3. The lowest BCUT2D eigenvalue weighted by Gasteiger charge is -2.38. The van der Waals surface area contributed by atoms with Gasteiger partial charge in [-0.1, -0.05) is 13.8 Å². The summed E-state index contributed by atoms with van der Waals surface area (Å²) in [6, 6.07) is 10.2. The third-order valence-electron chi connectivity index (χ3n) is 5.12. The molecule has 2 heterocycles. The SMILES string of the molecule is CCOc1ccc(-c2nc(CC(=O)N3CCN(C(C#N)C(C)C)CC3)cs2)cc1. The summed E-state index contributed by atoms with van der Waals surface area (Å²) < 4.78 is 5.48. The first-order chi connectivity index (χ1) is 14.0. The molecular formula is C22H28N4O2S. The Labute approximate surface area is 176 Å². The van der Waals surface area contributed by atoms with E-state index in [1.807, 2.05) is 41.5 Å². The van der Waals surface area contributed by atoms with Crippen molar-refractivity contribution in [2.24, 2.45) is 5.92 Å². The molecule has 1 aromatic carbocycles. The maximum Gasteiger partial charge on any atom is 0.228 e. The van der Waals surface area contributed by atoms with E-state index in [9.17, 15) is 10.1 Å². The molecule has 154 valence electrons. The normalized spacial score (nSPS) is 15.9. The van der Waals surface area contributed by atoms with Crippen molar-refractivity contribution in [3.8, 4) is 22.4 Å². The van der Waals surface area contributed by atoms with E-state index in [1.165, 1.54) is 0 Å². The lowest BCUT2D eigenvalue weighted by atomic mass is 10.0. The lowest BCUT2D eigenvalue weighted by Crippen LogP contribution is -2.53. The van der Waals surface area contributed by atoms with Gasteiger partial charge in [-0.05, 0) is 37.1 Å². The van der Waals surface area contributed by atoms with Gasteiger partial charge in [0.25, 0.3) is 0 Å². The van der Waals surface area contributed by atoms with Crippen molar-refractivity contribution in [3.63, 3.8) is 0 Å². The van der Waals surface area contributed by atoms with Gasteiger partial charge in [-0.2, -0.15) is 5.26 Å². The molecule has 6 nitrogen and oxygen atoms in total. The molecule has 0 aliphatic carbocycles. The molecule has 0 spiro atoms. The number of benzene rings is 1. The maximum atomic E-state index is 12.7. The first-order valence-electron chi connectivity index (χ1n) is 10.1. The van der Waals surface area contributed by atoms with Gasteiger partial charge in [-0.15, -0.1) is 11.3 Å². The van der Waals surface area contributed by atoms with Crippen LogP contribution in [0.5, 0.6) is 5.75 Å². The van der Waals surface area contributed by atoms with Crippen LogP contribution < -0.4 is 4.74 Å². The summed E-state index contributed by atoms with van der Waals surface area (Å²) in [5.74, 6) is 1.24. The number of aromatic nitrogens is 1. The average Bonchev–Trinajstić information content (AvgIpc) is 3.18. The Balaban J connectivity index is 1.55. The van der Waals surface area contributed by atoms with Crippen molar-refractivity contribution in [2.45, 2.75) is 33.2 Å². The molecule has 1 unspecified atom stereocenters. The van der Waals surface area contributed by atoms with E-state index in [-0.39, 0.29) is 11.9 Å². The molecule has 1 amide bonds. The summed E-state index contributed by atoms with van der Waals surface area (Å²) in [6.07, 6.45) is 0.319. The van der Waals surface area contributed by atoms with Crippen LogP contribution in [0.4, 0.5) is 0 Å². The third kappa shape index (κ3) is 5.34. The van der Waals surface area contributed by atoms with Crippen LogP contribution in [0.15, 0.2) is 29.6 Å². The van der Waals surface area contributed by atoms with Crippen LogP contribution in [0.3, 0.4) is 0 Å². The monoisotopic (exact) mass is 412 g/mol. The molecule has 1 aromatic heterocycles. The number of amides is 1. The minimum absolute atomic E-state index is 0.0811. The fourth-order valence-corrected chi connectivity index (χ4v) is 4.38. The molecule has 1 aliphatic heterocycles. The van der Waals surface area contributed by atoms with Gasteiger partial charge in [0.2, 0.25) is 5.91 Å². The van der Waals surface area contributed by atoms with Gasteiger partial charge in [0.1, 0.15) is 16.8 Å². The fraction of sp³-hybridized carbons (Fsp3) is 0.500. The van der Waals surface area contributed by atoms with E-state index in [4.69, 9.17) is 4.74 Å². The van der Waals surface area contributed by atoms with Crippen LogP contribution in [0.2, 0.25) is 0 Å². The Kier molecular flexibility index (Phi) is 7.24. The molecule has 0 radical (unpaired) electrons. The Morgan fingerprint density at radius 2 is 1.93 bits per heavy atom. The minimum atomic E-state index is -0.0811. The van der Waals surface area contributed by atoms with Crippen molar-refractivity contribution < 1.29 is 9.53 Å². The molecule has 1 atom stereocenters. The van der Waals surface area contributed by atoms with E-state index in [0.717, 1.165) is 35.1 Å². The van der Waals surface area contributed by atoms with Crippen molar-refractivity contribution in [2.75, 3.05) is 32.8 Å². The van der Waals surface area contributed by atoms with Crippen LogP contribution in [-0.4, -0.2) is 59.5 Å². The zero-order chi connectivity index (χ0) is 20.8. The molecule has 0 bridgehead atoms. The molecule has 0 saturated carbocycles. The molecule has 1 fully saturated rings. The van der Waals surface area contributed by atoms with Gasteiger partial charge in [0.05, 0.1) is 24.8 Å². The number of piperazine rings is 1. The van der Waals surface area contributed by atoms with E-state index in [0.29, 0.717) is 32.0 Å². The van der Waals surface area contributed by atoms with Crippen LogP contribution in [0, 0.1) is 17.2 Å². The number of nitriles is 1. The highest BCUT2D eigenvalue weighted by molar-refractivity contribution is 7.13.